The van der Waals surface area contributed by atoms with Crippen LogP contribution in [0.4, 0.5) is 17.1 Å². The van der Waals surface area contributed by atoms with Crippen molar-refractivity contribution in [2.24, 2.45) is 4.99 Å². The highest BCUT2D eigenvalue weighted by Gasteiger charge is 2.33. The summed E-state index contributed by atoms with van der Waals surface area (Å²) in [5.41, 5.74) is 3.75. The van der Waals surface area contributed by atoms with Crippen molar-refractivity contribution in [3.05, 3.63) is 124 Å². The number of carbonyl (C=O) groups is 2. The maximum Gasteiger partial charge on any atom is 0.338 e. The minimum Gasteiger partial charge on any atom is -0.483 e. The molecule has 254 valence electrons. The van der Waals surface area contributed by atoms with Gasteiger partial charge in [-0.1, -0.05) is 47.2 Å². The number of fused-ring (bicyclic) bond motifs is 1. The van der Waals surface area contributed by atoms with Gasteiger partial charge >= 0.3 is 5.97 Å². The first-order valence-electron chi connectivity index (χ1n) is 15.9. The summed E-state index contributed by atoms with van der Waals surface area (Å²) in [6.45, 7) is 10.8. The van der Waals surface area contributed by atoms with E-state index in [-0.39, 0.29) is 30.1 Å². The Hall–Kier alpha value is -5.56. The predicted molar refractivity (Wildman–Crippen MR) is 189 cm³/mol. The Morgan fingerprint density at radius 2 is 1.80 bits per heavy atom. The van der Waals surface area contributed by atoms with Crippen LogP contribution in [0.25, 0.3) is 6.08 Å². The monoisotopic (exact) mass is 683 g/mol. The number of thiazole rings is 1. The van der Waals surface area contributed by atoms with E-state index in [0.29, 0.717) is 31.9 Å². The van der Waals surface area contributed by atoms with Gasteiger partial charge in [0.2, 0.25) is 0 Å². The third-order valence-corrected chi connectivity index (χ3v) is 9.00. The van der Waals surface area contributed by atoms with Gasteiger partial charge in [0.1, 0.15) is 5.75 Å². The quantitative estimate of drug-likeness (QED) is 0.126. The number of allylic oxidation sites excluding steroid dienone is 1. The Morgan fingerprint density at radius 1 is 1.06 bits per heavy atom. The lowest BCUT2D eigenvalue weighted by Gasteiger charge is -2.24. The van der Waals surface area contributed by atoms with Gasteiger partial charge in [0.25, 0.3) is 17.2 Å². The van der Waals surface area contributed by atoms with Crippen molar-refractivity contribution in [1.82, 2.24) is 4.57 Å². The first-order valence-corrected chi connectivity index (χ1v) is 16.7. The van der Waals surface area contributed by atoms with E-state index < -0.39 is 22.8 Å². The number of benzene rings is 3. The van der Waals surface area contributed by atoms with Crippen LogP contribution in [0, 0.1) is 17.0 Å². The fourth-order valence-electron chi connectivity index (χ4n) is 5.59. The average molecular weight is 684 g/mol. The van der Waals surface area contributed by atoms with E-state index in [1.807, 2.05) is 63.2 Å². The van der Waals surface area contributed by atoms with Gasteiger partial charge in [0.15, 0.2) is 11.4 Å². The molecule has 0 unspecified atom stereocenters. The second-order valence-corrected chi connectivity index (χ2v) is 12.3. The van der Waals surface area contributed by atoms with Gasteiger partial charge in [-0.05, 0) is 64.5 Å². The number of amides is 1. The molecule has 1 aliphatic rings. The molecule has 12 nitrogen and oxygen atoms in total. The molecule has 1 N–H and O–H groups in total. The summed E-state index contributed by atoms with van der Waals surface area (Å²) in [5.74, 6) is -0.684. The Kier molecular flexibility index (Phi) is 10.7. The van der Waals surface area contributed by atoms with Gasteiger partial charge in [-0.3, -0.25) is 24.3 Å². The highest BCUT2D eigenvalue weighted by atomic mass is 32.1. The first-order chi connectivity index (χ1) is 23.5. The van der Waals surface area contributed by atoms with E-state index in [0.717, 1.165) is 29.9 Å². The van der Waals surface area contributed by atoms with Gasteiger partial charge in [-0.2, -0.15) is 0 Å². The molecule has 0 spiro atoms. The van der Waals surface area contributed by atoms with Gasteiger partial charge in [0, 0.05) is 48.2 Å². The Morgan fingerprint density at radius 3 is 2.47 bits per heavy atom. The topological polar surface area (TPSA) is 145 Å². The average Bonchev–Trinajstić information content (AvgIpc) is 3.38. The molecule has 49 heavy (non-hydrogen) atoms. The minimum atomic E-state index is -0.740. The molecule has 5 rings (SSSR count). The number of nitrogens with one attached hydrogen (secondary N) is 1. The summed E-state index contributed by atoms with van der Waals surface area (Å²) in [6, 6.07) is 18.1. The lowest BCUT2D eigenvalue weighted by molar-refractivity contribution is -0.384. The minimum absolute atomic E-state index is 0.149. The van der Waals surface area contributed by atoms with Crippen molar-refractivity contribution in [2.45, 2.75) is 40.7 Å². The Labute approximate surface area is 286 Å². The van der Waals surface area contributed by atoms with Crippen molar-refractivity contribution < 1.29 is 24.0 Å². The molecule has 1 aromatic heterocycles. The lowest BCUT2D eigenvalue weighted by atomic mass is 9.95. The SMILES string of the molecule is CCOC(=O)C1=C(C)N=c2s/c(=C\c3ccc(N(CC)CC)cc3OCC(=O)Nc3cccc([N+](=O)[O-])c3)c(=O)n2[C@H]1c1ccc(C)cc1. The number of hydrogen-bond donors (Lipinski definition) is 1. The van der Waals surface area contributed by atoms with E-state index in [2.05, 4.69) is 15.2 Å². The smallest absolute Gasteiger partial charge is 0.338 e. The third kappa shape index (κ3) is 7.62. The van der Waals surface area contributed by atoms with Crippen LogP contribution in [-0.4, -0.2) is 47.7 Å². The van der Waals surface area contributed by atoms with Crippen LogP contribution in [0.3, 0.4) is 0 Å². The second kappa shape index (κ2) is 15.1. The highest BCUT2D eigenvalue weighted by Crippen LogP contribution is 2.31. The van der Waals surface area contributed by atoms with Gasteiger partial charge < -0.3 is 19.7 Å². The fourth-order valence-corrected chi connectivity index (χ4v) is 6.62. The third-order valence-electron chi connectivity index (χ3n) is 8.02. The summed E-state index contributed by atoms with van der Waals surface area (Å²) in [4.78, 5) is 58.1. The van der Waals surface area contributed by atoms with Gasteiger partial charge in [-0.25, -0.2) is 9.79 Å². The number of nitro benzene ring substituents is 1. The molecule has 1 aliphatic heterocycles. The van der Waals surface area contributed by atoms with Crippen LogP contribution in [0.2, 0.25) is 0 Å². The van der Waals surface area contributed by atoms with Crippen LogP contribution in [0.1, 0.15) is 50.4 Å². The number of aromatic nitrogens is 1. The molecule has 13 heteroatoms. The molecule has 0 bridgehead atoms. The number of carbonyl (C=O) groups excluding carboxylic acids is 2. The van der Waals surface area contributed by atoms with E-state index in [9.17, 15) is 24.5 Å². The standard InChI is InChI=1S/C36H37N5O7S/c1-6-39(7-2)27-17-16-25(29(20-27)48-21-31(42)38-26-10-9-11-28(19-26)41(45)46)18-30-34(43)40-33(24-14-12-22(4)13-15-24)32(35(44)47-8-3)23(5)37-36(40)49-30/h9-20,33H,6-8,21H2,1-5H3,(H,38,42)/b30-18-/t33-/m0/s1. The van der Waals surface area contributed by atoms with Crippen molar-refractivity contribution in [2.75, 3.05) is 36.5 Å². The van der Waals surface area contributed by atoms with E-state index >= 15 is 0 Å². The molecule has 0 saturated heterocycles. The normalized spacial score (nSPS) is 14.1. The molecule has 0 saturated carbocycles. The van der Waals surface area contributed by atoms with Crippen molar-refractivity contribution >= 4 is 46.4 Å². The van der Waals surface area contributed by atoms with Gasteiger partial charge in [-0.15, -0.1) is 0 Å². The number of ether oxygens (including phenoxy) is 2. The van der Waals surface area contributed by atoms with Crippen LogP contribution in [0.5, 0.6) is 5.75 Å². The number of nitro groups is 1. The summed E-state index contributed by atoms with van der Waals surface area (Å²) < 4.78 is 13.3. The molecule has 2 heterocycles. The van der Waals surface area contributed by atoms with Crippen LogP contribution in [-0.2, 0) is 14.3 Å². The molecule has 0 aliphatic carbocycles. The zero-order chi connectivity index (χ0) is 35.2. The number of nitrogens with zero attached hydrogens (tertiary/aromatic N) is 4. The Bertz CT molecular complexity index is 2110. The second-order valence-electron chi connectivity index (χ2n) is 11.3. The molecule has 1 atom stereocenters. The summed E-state index contributed by atoms with van der Waals surface area (Å²) in [6.07, 6.45) is 1.69. The zero-order valence-corrected chi connectivity index (χ0v) is 28.7. The number of rotatable bonds is 12. The van der Waals surface area contributed by atoms with Crippen molar-refractivity contribution in [3.8, 4) is 5.75 Å². The van der Waals surface area contributed by atoms with E-state index in [1.165, 1.54) is 34.1 Å². The van der Waals surface area contributed by atoms with Crippen molar-refractivity contribution in [3.63, 3.8) is 0 Å². The van der Waals surface area contributed by atoms with Crippen LogP contribution < -0.4 is 29.8 Å². The number of aryl methyl sites for hydroxylation is 1. The molecular weight excluding hydrogens is 646 g/mol. The summed E-state index contributed by atoms with van der Waals surface area (Å²) in [5, 5.41) is 13.8. The number of non-ortho nitro benzene ring substituents is 1. The number of esters is 1. The summed E-state index contributed by atoms with van der Waals surface area (Å²) in [7, 11) is 0. The lowest BCUT2D eigenvalue weighted by Crippen LogP contribution is -2.39. The maximum atomic E-state index is 14.2. The van der Waals surface area contributed by atoms with Crippen LogP contribution in [0.15, 0.2) is 87.8 Å². The predicted octanol–water partition coefficient (Wildman–Crippen LogP) is 4.88. The van der Waals surface area contributed by atoms with Crippen molar-refractivity contribution in [1.29, 1.82) is 0 Å². The van der Waals surface area contributed by atoms with Crippen LogP contribution >= 0.6 is 11.3 Å². The van der Waals surface area contributed by atoms with Gasteiger partial charge in [0.05, 0.1) is 33.4 Å². The molecule has 0 radical (unpaired) electrons. The number of hydrogen-bond acceptors (Lipinski definition) is 10. The van der Waals surface area contributed by atoms with E-state index in [1.54, 1.807) is 26.0 Å². The number of anilines is 2. The van der Waals surface area contributed by atoms with E-state index in [4.69, 9.17) is 9.47 Å². The fraction of sp³-hybridized carbons (Fsp3) is 0.278. The Balaban J connectivity index is 1.55. The highest BCUT2D eigenvalue weighted by molar-refractivity contribution is 7.07. The largest absolute Gasteiger partial charge is 0.483 e. The molecule has 4 aromatic rings. The summed E-state index contributed by atoms with van der Waals surface area (Å²) >= 11 is 1.19. The molecule has 0 fully saturated rings. The zero-order valence-electron chi connectivity index (χ0n) is 27.9. The molecule has 3 aromatic carbocycles. The first kappa shape index (κ1) is 34.8. The molecule has 1 amide bonds. The molecular formula is C36H37N5O7S. The maximum absolute atomic E-state index is 14.2.